The fraction of sp³-hybridized carbons (Fsp3) is 0.462. The minimum absolute atomic E-state index is 0.275. The van der Waals surface area contributed by atoms with Crippen LogP contribution in [0.2, 0.25) is 0 Å². The van der Waals surface area contributed by atoms with E-state index in [1.54, 1.807) is 19.1 Å². The van der Waals surface area contributed by atoms with Gasteiger partial charge in [0.1, 0.15) is 11.8 Å². The molecule has 0 aliphatic heterocycles. The van der Waals surface area contributed by atoms with E-state index in [4.69, 9.17) is 15.1 Å². The van der Waals surface area contributed by atoms with Crippen LogP contribution in [0.15, 0.2) is 18.2 Å². The zero-order valence-corrected chi connectivity index (χ0v) is 10.6. The van der Waals surface area contributed by atoms with E-state index in [0.29, 0.717) is 17.9 Å². The van der Waals surface area contributed by atoms with Gasteiger partial charge in [0.25, 0.3) is 0 Å². The molecule has 1 rings (SSSR count). The van der Waals surface area contributed by atoms with Crippen molar-refractivity contribution in [2.24, 2.45) is 0 Å². The molecule has 98 valence electrons. The summed E-state index contributed by atoms with van der Waals surface area (Å²) in [6.07, 6.45) is 0. The minimum atomic E-state index is -1.13. The monoisotopic (exact) mass is 250 g/mol. The molecule has 0 aliphatic carbocycles. The number of hydrogen-bond donors (Lipinski definition) is 3. The first-order valence-electron chi connectivity index (χ1n) is 5.63. The van der Waals surface area contributed by atoms with E-state index in [0.717, 1.165) is 5.56 Å². The maximum Gasteiger partial charge on any atom is 0.136 e. The molecule has 1 unspecified atom stereocenters. The summed E-state index contributed by atoms with van der Waals surface area (Å²) in [7, 11) is 1.52. The molecule has 1 aromatic rings. The summed E-state index contributed by atoms with van der Waals surface area (Å²) in [5.41, 5.74) is 0.261. The van der Waals surface area contributed by atoms with Gasteiger partial charge >= 0.3 is 0 Å². The molecule has 0 fully saturated rings. The second-order valence-electron chi connectivity index (χ2n) is 4.41. The molecule has 0 aliphatic rings. The fourth-order valence-corrected chi connectivity index (χ4v) is 1.48. The second kappa shape index (κ2) is 6.36. The molecule has 18 heavy (non-hydrogen) atoms. The molecule has 0 saturated heterocycles. The van der Waals surface area contributed by atoms with Crippen LogP contribution in [0.25, 0.3) is 0 Å². The lowest BCUT2D eigenvalue weighted by molar-refractivity contribution is 0.00254. The first-order chi connectivity index (χ1) is 8.52. The Balaban J connectivity index is 2.62. The zero-order chi connectivity index (χ0) is 13.6. The molecule has 0 spiro atoms. The highest BCUT2D eigenvalue weighted by Gasteiger charge is 2.17. The zero-order valence-electron chi connectivity index (χ0n) is 10.6. The lowest BCUT2D eigenvalue weighted by Crippen LogP contribution is -2.40. The molecule has 0 radical (unpaired) electrons. The van der Waals surface area contributed by atoms with Crippen molar-refractivity contribution in [3.63, 3.8) is 0 Å². The normalized spacial score (nSPS) is 13.7. The van der Waals surface area contributed by atoms with Crippen molar-refractivity contribution in [3.05, 3.63) is 29.3 Å². The average molecular weight is 250 g/mol. The summed E-state index contributed by atoms with van der Waals surface area (Å²) in [6, 6.07) is 7.38. The predicted molar refractivity (Wildman–Crippen MR) is 67.1 cm³/mol. The number of nitrogens with one attached hydrogen (secondary N) is 1. The van der Waals surface area contributed by atoms with Gasteiger partial charge in [-0.1, -0.05) is 6.07 Å². The summed E-state index contributed by atoms with van der Waals surface area (Å²) < 4.78 is 5.05. The molecule has 1 aromatic carbocycles. The van der Waals surface area contributed by atoms with Gasteiger partial charge in [-0.25, -0.2) is 0 Å². The molecule has 5 heteroatoms. The van der Waals surface area contributed by atoms with Gasteiger partial charge in [-0.15, -0.1) is 0 Å². The van der Waals surface area contributed by atoms with Crippen LogP contribution in [0.4, 0.5) is 0 Å². The van der Waals surface area contributed by atoms with Gasteiger partial charge in [-0.05, 0) is 24.6 Å². The summed E-state index contributed by atoms with van der Waals surface area (Å²) in [5, 5.41) is 30.5. The summed E-state index contributed by atoms with van der Waals surface area (Å²) in [5.74, 6) is 0.545. The first kappa shape index (κ1) is 14.5. The summed E-state index contributed by atoms with van der Waals surface area (Å²) in [6.45, 7) is 2.03. The van der Waals surface area contributed by atoms with Gasteiger partial charge in [0.05, 0.1) is 24.9 Å². The Kier molecular flexibility index (Phi) is 5.10. The molecular formula is C13H18N2O3. The average Bonchev–Trinajstić information content (AvgIpc) is 2.38. The van der Waals surface area contributed by atoms with E-state index in [9.17, 15) is 5.11 Å². The third kappa shape index (κ3) is 4.00. The van der Waals surface area contributed by atoms with Crippen LogP contribution in [-0.2, 0) is 6.54 Å². The van der Waals surface area contributed by atoms with Crippen LogP contribution in [0, 0.1) is 11.3 Å². The number of nitriles is 1. The Morgan fingerprint density at radius 2 is 2.22 bits per heavy atom. The lowest BCUT2D eigenvalue weighted by atomic mass is 10.1. The Hall–Kier alpha value is -1.61. The third-order valence-electron chi connectivity index (χ3n) is 2.56. The van der Waals surface area contributed by atoms with Crippen molar-refractivity contribution < 1.29 is 14.9 Å². The van der Waals surface area contributed by atoms with Crippen LogP contribution in [0.3, 0.4) is 0 Å². The highest BCUT2D eigenvalue weighted by molar-refractivity contribution is 5.45. The van der Waals surface area contributed by atoms with Crippen LogP contribution >= 0.6 is 0 Å². The molecule has 0 saturated carbocycles. The SMILES string of the molecule is COc1ccc(CNCC(C)(O)CO)cc1C#N. The summed E-state index contributed by atoms with van der Waals surface area (Å²) in [4.78, 5) is 0. The molecular weight excluding hydrogens is 232 g/mol. The van der Waals surface area contributed by atoms with Crippen molar-refractivity contribution in [1.29, 1.82) is 5.26 Å². The highest BCUT2D eigenvalue weighted by Crippen LogP contribution is 2.18. The number of aliphatic hydroxyl groups excluding tert-OH is 1. The Bertz CT molecular complexity index is 438. The van der Waals surface area contributed by atoms with E-state index >= 15 is 0 Å². The maximum atomic E-state index is 9.60. The number of methoxy groups -OCH3 is 1. The summed E-state index contributed by atoms with van der Waals surface area (Å²) >= 11 is 0. The van der Waals surface area contributed by atoms with Gasteiger partial charge < -0.3 is 20.3 Å². The van der Waals surface area contributed by atoms with Crippen LogP contribution in [-0.4, -0.2) is 36.1 Å². The van der Waals surface area contributed by atoms with E-state index in [1.807, 2.05) is 6.07 Å². The van der Waals surface area contributed by atoms with Gasteiger partial charge in [-0.2, -0.15) is 5.26 Å². The van der Waals surface area contributed by atoms with Crippen molar-refractivity contribution in [3.8, 4) is 11.8 Å². The van der Waals surface area contributed by atoms with Crippen molar-refractivity contribution in [1.82, 2.24) is 5.32 Å². The molecule has 3 N–H and O–H groups in total. The molecule has 0 aromatic heterocycles. The number of aliphatic hydroxyl groups is 2. The first-order valence-corrected chi connectivity index (χ1v) is 5.63. The highest BCUT2D eigenvalue weighted by atomic mass is 16.5. The minimum Gasteiger partial charge on any atom is -0.495 e. The van der Waals surface area contributed by atoms with Gasteiger partial charge in [0.2, 0.25) is 0 Å². The molecule has 0 bridgehead atoms. The smallest absolute Gasteiger partial charge is 0.136 e. The van der Waals surface area contributed by atoms with Crippen LogP contribution in [0.1, 0.15) is 18.1 Å². The quantitative estimate of drug-likeness (QED) is 0.680. The Labute approximate surface area is 107 Å². The molecule has 0 amide bonds. The van der Waals surface area contributed by atoms with Gasteiger partial charge in [-0.3, -0.25) is 0 Å². The third-order valence-corrected chi connectivity index (χ3v) is 2.56. The maximum absolute atomic E-state index is 9.60. The number of rotatable bonds is 6. The van der Waals surface area contributed by atoms with E-state index in [1.165, 1.54) is 7.11 Å². The van der Waals surface area contributed by atoms with Crippen LogP contribution < -0.4 is 10.1 Å². The fourth-order valence-electron chi connectivity index (χ4n) is 1.48. The van der Waals surface area contributed by atoms with Gasteiger partial charge in [0, 0.05) is 13.1 Å². The number of ether oxygens (including phenoxy) is 1. The standard InChI is InChI=1S/C13H18N2O3/c1-13(17,9-16)8-15-7-10-3-4-12(18-2)11(5-10)6-14/h3-5,15-17H,7-9H2,1-2H3. The molecule has 5 nitrogen and oxygen atoms in total. The Morgan fingerprint density at radius 1 is 1.50 bits per heavy atom. The molecule has 1 atom stereocenters. The van der Waals surface area contributed by atoms with E-state index < -0.39 is 5.60 Å². The molecule has 0 heterocycles. The van der Waals surface area contributed by atoms with Crippen molar-refractivity contribution in [2.75, 3.05) is 20.3 Å². The predicted octanol–water partition coefficient (Wildman–Crippen LogP) is 0.400. The Morgan fingerprint density at radius 3 is 2.78 bits per heavy atom. The topological polar surface area (TPSA) is 85.5 Å². The number of hydrogen-bond acceptors (Lipinski definition) is 5. The van der Waals surface area contributed by atoms with Crippen molar-refractivity contribution in [2.45, 2.75) is 19.1 Å². The van der Waals surface area contributed by atoms with Crippen molar-refractivity contribution >= 4 is 0 Å². The van der Waals surface area contributed by atoms with Gasteiger partial charge in [0.15, 0.2) is 0 Å². The second-order valence-corrected chi connectivity index (χ2v) is 4.41. The number of benzene rings is 1. The van der Waals surface area contributed by atoms with Crippen LogP contribution in [0.5, 0.6) is 5.75 Å². The van der Waals surface area contributed by atoms with E-state index in [-0.39, 0.29) is 13.2 Å². The largest absolute Gasteiger partial charge is 0.495 e. The number of nitrogens with zero attached hydrogens (tertiary/aromatic N) is 1. The lowest BCUT2D eigenvalue weighted by Gasteiger charge is -2.20. The van der Waals surface area contributed by atoms with E-state index in [2.05, 4.69) is 11.4 Å².